The average Bonchev–Trinajstić information content (AvgIpc) is 2.47. The van der Waals surface area contributed by atoms with E-state index in [9.17, 15) is 4.79 Å². The molecule has 5 heteroatoms. The van der Waals surface area contributed by atoms with Crippen LogP contribution in [0.4, 0.5) is 4.79 Å². The largest absolute Gasteiger partial charge is 0.444 e. The zero-order valence-corrected chi connectivity index (χ0v) is 10.5. The molecule has 1 heterocycles. The molecule has 1 aliphatic rings. The molecule has 0 radical (unpaired) electrons. The first kappa shape index (κ1) is 12.0. The number of hydrogen-bond donors (Lipinski definition) is 1. The number of rotatable bonds is 1. The van der Waals surface area contributed by atoms with Crippen LogP contribution in [0.2, 0.25) is 0 Å². The van der Waals surface area contributed by atoms with Crippen LogP contribution in [-0.2, 0) is 4.74 Å². The van der Waals surface area contributed by atoms with Gasteiger partial charge in [-0.15, -0.1) is 11.8 Å². The first-order valence-electron chi connectivity index (χ1n) is 4.62. The fraction of sp³-hybridized carbons (Fsp3) is 0.889. The van der Waals surface area contributed by atoms with Crippen molar-refractivity contribution in [2.75, 3.05) is 17.4 Å². The van der Waals surface area contributed by atoms with Crippen LogP contribution in [-0.4, -0.2) is 40.0 Å². The van der Waals surface area contributed by atoms with Crippen molar-refractivity contribution < 1.29 is 9.53 Å². The minimum Gasteiger partial charge on any atom is -0.444 e. The Hall–Kier alpha value is -0.0300. The molecule has 1 aliphatic heterocycles. The molecule has 0 aliphatic carbocycles. The summed E-state index contributed by atoms with van der Waals surface area (Å²) in [5, 5.41) is 0. The molecule has 3 nitrogen and oxygen atoms in total. The van der Waals surface area contributed by atoms with Crippen molar-refractivity contribution in [3.63, 3.8) is 0 Å². The van der Waals surface area contributed by atoms with Crippen molar-refractivity contribution in [2.24, 2.45) is 0 Å². The molecule has 1 amide bonds. The Bertz CT molecular complexity index is 215. The summed E-state index contributed by atoms with van der Waals surface area (Å²) in [5.41, 5.74) is -0.411. The maximum Gasteiger partial charge on any atom is 0.411 e. The molecule has 1 saturated heterocycles. The van der Waals surface area contributed by atoms with Gasteiger partial charge in [0.05, 0.1) is 11.9 Å². The summed E-state index contributed by atoms with van der Waals surface area (Å²) in [6, 6.07) is 0.221. The first-order valence-corrected chi connectivity index (χ1v) is 6.41. The Labute approximate surface area is 95.0 Å². The Balaban J connectivity index is 2.52. The number of amides is 1. The van der Waals surface area contributed by atoms with E-state index in [1.54, 1.807) is 16.7 Å². The van der Waals surface area contributed by atoms with Crippen LogP contribution in [0, 0.1) is 0 Å². The molecule has 0 saturated carbocycles. The number of carbonyl (C=O) groups excluding carboxylic acids is 1. The second-order valence-electron chi connectivity index (χ2n) is 4.29. The molecule has 0 unspecified atom stereocenters. The molecular formula is C9H17NO2S2. The second kappa shape index (κ2) is 4.66. The van der Waals surface area contributed by atoms with Crippen LogP contribution in [0.25, 0.3) is 0 Å². The monoisotopic (exact) mass is 235 g/mol. The molecule has 1 rings (SSSR count). The standard InChI is InChI=1S/C9H17NO2S2/c1-9(2,3)12-8(11)10-6-14-5-7(10)4-13/h7,13H,4-6H2,1-3H3/t7-/m1/s1. The fourth-order valence-corrected chi connectivity index (χ4v) is 2.85. The predicted octanol–water partition coefficient (Wildman–Crippen LogP) is 2.23. The van der Waals surface area contributed by atoms with E-state index in [-0.39, 0.29) is 12.1 Å². The molecule has 0 aromatic carbocycles. The molecule has 0 spiro atoms. The molecule has 0 aromatic heterocycles. The SMILES string of the molecule is CC(C)(C)OC(=O)N1CSC[C@H]1CS. The summed E-state index contributed by atoms with van der Waals surface area (Å²) < 4.78 is 5.29. The number of ether oxygens (including phenoxy) is 1. The van der Waals surface area contributed by atoms with Gasteiger partial charge in [0.2, 0.25) is 0 Å². The van der Waals surface area contributed by atoms with E-state index in [2.05, 4.69) is 12.6 Å². The van der Waals surface area contributed by atoms with Crippen molar-refractivity contribution in [3.05, 3.63) is 0 Å². The Morgan fingerprint density at radius 1 is 1.64 bits per heavy atom. The van der Waals surface area contributed by atoms with Gasteiger partial charge in [-0.25, -0.2) is 4.79 Å². The minimum absolute atomic E-state index is 0.221. The van der Waals surface area contributed by atoms with Gasteiger partial charge in [-0.2, -0.15) is 12.6 Å². The number of nitrogens with zero attached hydrogens (tertiary/aromatic N) is 1. The quantitative estimate of drug-likeness (QED) is 0.707. The van der Waals surface area contributed by atoms with Crippen LogP contribution < -0.4 is 0 Å². The van der Waals surface area contributed by atoms with E-state index in [0.29, 0.717) is 5.75 Å². The van der Waals surface area contributed by atoms with Gasteiger partial charge < -0.3 is 4.74 Å². The highest BCUT2D eigenvalue weighted by atomic mass is 32.2. The van der Waals surface area contributed by atoms with Crippen molar-refractivity contribution in [1.29, 1.82) is 0 Å². The predicted molar refractivity (Wildman–Crippen MR) is 63.0 cm³/mol. The lowest BCUT2D eigenvalue weighted by atomic mass is 10.2. The summed E-state index contributed by atoms with van der Waals surface area (Å²) in [7, 11) is 0. The Morgan fingerprint density at radius 2 is 2.29 bits per heavy atom. The zero-order valence-electron chi connectivity index (χ0n) is 8.82. The lowest BCUT2D eigenvalue weighted by Gasteiger charge is -2.27. The maximum atomic E-state index is 11.7. The minimum atomic E-state index is -0.411. The third kappa shape index (κ3) is 3.28. The molecule has 0 N–H and O–H groups in total. The van der Waals surface area contributed by atoms with Gasteiger partial charge in [0, 0.05) is 11.5 Å². The van der Waals surface area contributed by atoms with Gasteiger partial charge in [0.1, 0.15) is 5.60 Å². The van der Waals surface area contributed by atoms with Crippen LogP contribution in [0.15, 0.2) is 0 Å². The average molecular weight is 235 g/mol. The molecule has 14 heavy (non-hydrogen) atoms. The number of thioether (sulfide) groups is 1. The first-order chi connectivity index (χ1) is 6.44. The van der Waals surface area contributed by atoms with E-state index in [1.165, 1.54) is 0 Å². The van der Waals surface area contributed by atoms with Gasteiger partial charge in [-0.3, -0.25) is 4.90 Å². The summed E-state index contributed by atoms with van der Waals surface area (Å²) in [5.74, 6) is 2.38. The molecule has 1 atom stereocenters. The maximum absolute atomic E-state index is 11.7. The lowest BCUT2D eigenvalue weighted by molar-refractivity contribution is 0.0255. The van der Waals surface area contributed by atoms with Crippen LogP contribution in [0.1, 0.15) is 20.8 Å². The number of thiol groups is 1. The molecule has 1 fully saturated rings. The normalized spacial score (nSPS) is 22.6. The van der Waals surface area contributed by atoms with Gasteiger partial charge in [-0.05, 0) is 20.8 Å². The fourth-order valence-electron chi connectivity index (χ4n) is 1.16. The second-order valence-corrected chi connectivity index (χ2v) is 5.65. The molecule has 82 valence electrons. The highest BCUT2D eigenvalue weighted by Gasteiger charge is 2.31. The van der Waals surface area contributed by atoms with Gasteiger partial charge in [0.15, 0.2) is 0 Å². The van der Waals surface area contributed by atoms with Crippen LogP contribution >= 0.6 is 24.4 Å². The van der Waals surface area contributed by atoms with E-state index < -0.39 is 5.60 Å². The van der Waals surface area contributed by atoms with Crippen molar-refractivity contribution in [1.82, 2.24) is 4.90 Å². The smallest absolute Gasteiger partial charge is 0.411 e. The van der Waals surface area contributed by atoms with Gasteiger partial charge in [0.25, 0.3) is 0 Å². The lowest BCUT2D eigenvalue weighted by Crippen LogP contribution is -2.41. The van der Waals surface area contributed by atoms with E-state index >= 15 is 0 Å². The molecular weight excluding hydrogens is 218 g/mol. The number of hydrogen-bond acceptors (Lipinski definition) is 4. The van der Waals surface area contributed by atoms with E-state index in [1.807, 2.05) is 20.8 Å². The summed E-state index contributed by atoms with van der Waals surface area (Å²) in [6.45, 7) is 5.64. The van der Waals surface area contributed by atoms with Crippen molar-refractivity contribution in [3.8, 4) is 0 Å². The van der Waals surface area contributed by atoms with Crippen LogP contribution in [0.3, 0.4) is 0 Å². The van der Waals surface area contributed by atoms with E-state index in [0.717, 1.165) is 11.6 Å². The summed E-state index contributed by atoms with van der Waals surface area (Å²) >= 11 is 5.96. The van der Waals surface area contributed by atoms with Crippen LogP contribution in [0.5, 0.6) is 0 Å². The highest BCUT2D eigenvalue weighted by molar-refractivity contribution is 7.99. The van der Waals surface area contributed by atoms with Crippen molar-refractivity contribution >= 4 is 30.5 Å². The third-order valence-electron chi connectivity index (χ3n) is 1.82. The van der Waals surface area contributed by atoms with Gasteiger partial charge >= 0.3 is 6.09 Å². The topological polar surface area (TPSA) is 29.5 Å². The molecule has 0 bridgehead atoms. The van der Waals surface area contributed by atoms with Crippen molar-refractivity contribution in [2.45, 2.75) is 32.4 Å². The summed E-state index contributed by atoms with van der Waals surface area (Å²) in [6.07, 6.45) is -0.221. The highest BCUT2D eigenvalue weighted by Crippen LogP contribution is 2.23. The third-order valence-corrected chi connectivity index (χ3v) is 3.32. The van der Waals surface area contributed by atoms with Gasteiger partial charge in [-0.1, -0.05) is 0 Å². The summed E-state index contributed by atoms with van der Waals surface area (Å²) in [4.78, 5) is 13.4. The number of carbonyl (C=O) groups is 1. The Kier molecular flexibility index (Phi) is 4.01. The molecule has 0 aromatic rings. The Morgan fingerprint density at radius 3 is 2.79 bits per heavy atom. The zero-order chi connectivity index (χ0) is 10.8. The van der Waals surface area contributed by atoms with E-state index in [4.69, 9.17) is 4.74 Å².